The van der Waals surface area contributed by atoms with E-state index < -0.39 is 128 Å². The molecule has 388 valence electrons. The van der Waals surface area contributed by atoms with E-state index in [0.717, 1.165) is 48.5 Å². The van der Waals surface area contributed by atoms with Crippen LogP contribution in [-0.4, -0.2) is 140 Å². The van der Waals surface area contributed by atoms with Gasteiger partial charge in [-0.25, -0.2) is 0 Å². The summed E-state index contributed by atoms with van der Waals surface area (Å²) in [6.07, 6.45) is 0.948. The normalized spacial score (nSPS) is 12.1. The van der Waals surface area contributed by atoms with Crippen LogP contribution in [0.4, 0.5) is 0 Å². The fraction of sp³-hybridized carbons (Fsp3) is 0.326. The number of benzene rings is 4. The van der Waals surface area contributed by atoms with Crippen molar-refractivity contribution in [1.82, 2.24) is 31.9 Å². The van der Waals surface area contributed by atoms with Gasteiger partial charge in [0, 0.05) is 41.9 Å². The van der Waals surface area contributed by atoms with E-state index in [9.17, 15) is 94.8 Å². The Morgan fingerprint density at radius 2 is 0.611 bits per heavy atom. The highest BCUT2D eigenvalue weighted by Crippen LogP contribution is 2.38. The summed E-state index contributed by atoms with van der Waals surface area (Å²) in [4.78, 5) is 91.0. The molecular weight excluding hydrogens is 955 g/mol. The number of hydrogen-bond acceptors (Lipinski definition) is 19. The average Bonchev–Trinajstić information content (AvgIpc) is 3.32. The van der Waals surface area contributed by atoms with E-state index in [1.165, 1.54) is 0 Å². The summed E-state index contributed by atoms with van der Waals surface area (Å²) in [5, 5.41) is 132. The van der Waals surface area contributed by atoms with Gasteiger partial charge in [-0.2, -0.15) is 0 Å². The lowest BCUT2D eigenvalue weighted by Crippen LogP contribution is -2.53. The van der Waals surface area contributed by atoms with Gasteiger partial charge in [0.25, 0.3) is 23.6 Å². The summed E-state index contributed by atoms with van der Waals surface area (Å²) in [6.45, 7) is -0.0111. The molecule has 0 fully saturated rings. The Hall–Kier alpha value is -9.23. The highest BCUT2D eigenvalue weighted by molar-refractivity contribution is 6.00. The SMILES string of the molecule is NC(=O)C(CCCCNC(=O)C(CCCCNC(=O)c1cc(O)c(O)c(O)c1)NC(=O)c1cc(O)c(O)c(O)c1)NC(=O)C(CCCCNC(=O)c1cc(O)c(O)c(O)c1)NC(=O)c1cc(O)c(O)c(O)c1. The van der Waals surface area contributed by atoms with E-state index in [1.807, 2.05) is 0 Å². The number of phenols is 12. The lowest BCUT2D eigenvalue weighted by atomic mass is 10.0. The molecule has 0 aliphatic heterocycles. The molecule has 0 bridgehead atoms. The first kappa shape index (κ1) is 55.4. The molecule has 72 heavy (non-hydrogen) atoms. The quantitative estimate of drug-likeness (QED) is 0.0318. The van der Waals surface area contributed by atoms with Gasteiger partial charge in [0.2, 0.25) is 17.7 Å². The zero-order chi connectivity index (χ0) is 53.4. The van der Waals surface area contributed by atoms with Crippen molar-refractivity contribution in [3.8, 4) is 69.0 Å². The van der Waals surface area contributed by atoms with Crippen molar-refractivity contribution < 1.29 is 94.8 Å². The number of rotatable bonds is 25. The van der Waals surface area contributed by atoms with Crippen LogP contribution < -0.4 is 37.6 Å². The number of unbranched alkanes of at least 4 members (excludes halogenated alkanes) is 3. The average molecular weight is 1010 g/mol. The molecule has 26 heteroatoms. The van der Waals surface area contributed by atoms with Gasteiger partial charge in [0.15, 0.2) is 69.0 Å². The molecule has 0 aromatic heterocycles. The van der Waals surface area contributed by atoms with Gasteiger partial charge in [-0.05, 0) is 106 Å². The predicted octanol–water partition coefficient (Wildman–Crippen LogP) is 0.508. The number of primary amides is 1. The number of carbonyl (C=O) groups excluding carboxylic acids is 7. The molecule has 7 amide bonds. The molecule has 0 saturated carbocycles. The molecule has 0 heterocycles. The van der Waals surface area contributed by atoms with Gasteiger partial charge < -0.3 is 98.9 Å². The number of carbonyl (C=O) groups is 7. The van der Waals surface area contributed by atoms with Gasteiger partial charge in [-0.3, -0.25) is 33.6 Å². The van der Waals surface area contributed by atoms with Crippen molar-refractivity contribution in [2.24, 2.45) is 5.73 Å². The van der Waals surface area contributed by atoms with Gasteiger partial charge in [0.1, 0.15) is 18.1 Å². The first-order chi connectivity index (χ1) is 34.0. The van der Waals surface area contributed by atoms with Crippen LogP contribution in [0.25, 0.3) is 0 Å². The van der Waals surface area contributed by atoms with Gasteiger partial charge in [-0.15, -0.1) is 0 Å². The zero-order valence-electron chi connectivity index (χ0n) is 38.1. The summed E-state index contributed by atoms with van der Waals surface area (Å²) in [5.41, 5.74) is 4.61. The standard InChI is InChI=1S/C46H55N7O19/c47-40(66)25(51-46(72)27(53-44(70)24-19-34(60)39(65)35(61)20-24)9-3-6-11-49-42(68)22-15-30(56)37(63)31(57)16-22)7-1-4-12-50-45(71)26(52-43(69)23-17-32(58)38(64)33(59)18-23)8-2-5-10-48-41(67)21-13-28(54)36(62)29(55)14-21/h13-20,25-27,54-65H,1-12H2,(H2,47,66)(H,48,67)(H,49,68)(H,50,71)(H,51,72)(H,52,69)(H,53,70). The largest absolute Gasteiger partial charge is 0.504 e. The smallest absolute Gasteiger partial charge is 0.252 e. The number of nitrogens with two attached hydrogens (primary N) is 1. The van der Waals surface area contributed by atoms with Crippen LogP contribution in [0.3, 0.4) is 0 Å². The molecule has 4 rings (SSSR count). The number of phenolic OH excluding ortho intramolecular Hbond substituents is 12. The Kier molecular flexibility index (Phi) is 19.5. The molecule has 20 N–H and O–H groups in total. The van der Waals surface area contributed by atoms with Crippen LogP contribution in [0, 0.1) is 0 Å². The van der Waals surface area contributed by atoms with Crippen molar-refractivity contribution in [3.63, 3.8) is 0 Å². The fourth-order valence-electron chi connectivity index (χ4n) is 6.88. The van der Waals surface area contributed by atoms with E-state index in [4.69, 9.17) is 5.73 Å². The maximum Gasteiger partial charge on any atom is 0.252 e. The van der Waals surface area contributed by atoms with Gasteiger partial charge in [-0.1, -0.05) is 0 Å². The van der Waals surface area contributed by atoms with E-state index in [0.29, 0.717) is 0 Å². The lowest BCUT2D eigenvalue weighted by molar-refractivity contribution is -0.128. The van der Waals surface area contributed by atoms with Crippen LogP contribution >= 0.6 is 0 Å². The Labute approximate surface area is 408 Å². The molecule has 4 aromatic carbocycles. The number of amides is 7. The minimum absolute atomic E-state index is 0.00632. The van der Waals surface area contributed by atoms with E-state index >= 15 is 0 Å². The summed E-state index contributed by atoms with van der Waals surface area (Å²) < 4.78 is 0. The fourth-order valence-corrected chi connectivity index (χ4v) is 6.88. The third-order valence-corrected chi connectivity index (χ3v) is 10.9. The maximum absolute atomic E-state index is 13.6. The number of hydrogen-bond donors (Lipinski definition) is 19. The monoisotopic (exact) mass is 1010 g/mol. The molecule has 0 radical (unpaired) electrons. The lowest BCUT2D eigenvalue weighted by Gasteiger charge is -2.22. The molecule has 0 aliphatic rings. The zero-order valence-corrected chi connectivity index (χ0v) is 38.1. The molecule has 0 saturated heterocycles. The molecule has 26 nitrogen and oxygen atoms in total. The first-order valence-corrected chi connectivity index (χ1v) is 22.0. The number of nitrogens with one attached hydrogen (secondary N) is 6. The number of aromatic hydroxyl groups is 12. The summed E-state index contributed by atoms with van der Waals surface area (Å²) >= 11 is 0. The minimum Gasteiger partial charge on any atom is -0.504 e. The second-order valence-corrected chi connectivity index (χ2v) is 16.3. The second-order valence-electron chi connectivity index (χ2n) is 16.3. The Morgan fingerprint density at radius 1 is 0.347 bits per heavy atom. The first-order valence-electron chi connectivity index (χ1n) is 22.0. The summed E-state index contributed by atoms with van der Waals surface area (Å²) in [5.74, 6) is -15.5. The third-order valence-electron chi connectivity index (χ3n) is 10.9. The van der Waals surface area contributed by atoms with E-state index in [1.54, 1.807) is 0 Å². The highest BCUT2D eigenvalue weighted by atomic mass is 16.3. The summed E-state index contributed by atoms with van der Waals surface area (Å²) in [7, 11) is 0. The maximum atomic E-state index is 13.6. The highest BCUT2D eigenvalue weighted by Gasteiger charge is 2.28. The molecule has 0 spiro atoms. The molecule has 4 aromatic rings. The Bertz CT molecular complexity index is 2590. The van der Waals surface area contributed by atoms with Crippen molar-refractivity contribution >= 4 is 41.4 Å². The van der Waals surface area contributed by atoms with Gasteiger partial charge >= 0.3 is 0 Å². The van der Waals surface area contributed by atoms with E-state index in [-0.39, 0.29) is 99.7 Å². The molecule has 0 aliphatic carbocycles. The van der Waals surface area contributed by atoms with Crippen molar-refractivity contribution in [3.05, 3.63) is 70.8 Å². The Balaban J connectivity index is 1.35. The molecule has 3 unspecified atom stereocenters. The van der Waals surface area contributed by atoms with Gasteiger partial charge in [0.05, 0.1) is 0 Å². The van der Waals surface area contributed by atoms with Crippen LogP contribution in [-0.2, 0) is 14.4 Å². The van der Waals surface area contributed by atoms with Crippen LogP contribution in [0.5, 0.6) is 69.0 Å². The minimum atomic E-state index is -1.39. The van der Waals surface area contributed by atoms with Crippen LogP contribution in [0.15, 0.2) is 48.5 Å². The van der Waals surface area contributed by atoms with Crippen molar-refractivity contribution in [2.45, 2.75) is 75.9 Å². The van der Waals surface area contributed by atoms with Crippen molar-refractivity contribution in [2.75, 3.05) is 19.6 Å². The summed E-state index contributed by atoms with van der Waals surface area (Å²) in [6, 6.07) is 3.15. The third kappa shape index (κ3) is 15.4. The predicted molar refractivity (Wildman–Crippen MR) is 249 cm³/mol. The van der Waals surface area contributed by atoms with Crippen LogP contribution in [0.2, 0.25) is 0 Å². The Morgan fingerprint density at radius 3 is 0.917 bits per heavy atom. The van der Waals surface area contributed by atoms with Crippen molar-refractivity contribution in [1.29, 1.82) is 0 Å². The van der Waals surface area contributed by atoms with Crippen LogP contribution in [0.1, 0.15) is 99.2 Å². The van der Waals surface area contributed by atoms with E-state index in [2.05, 4.69) is 31.9 Å². The molecule has 3 atom stereocenters. The topological polar surface area (TPSA) is 460 Å². The molecular formula is C46H55N7O19. The second kappa shape index (κ2) is 25.4.